The smallest absolute Gasteiger partial charge is 0.256 e. The quantitative estimate of drug-likeness (QED) is 0.854. The molecule has 7 nitrogen and oxygen atoms in total. The monoisotopic (exact) mass is 359 g/mol. The molecule has 1 saturated heterocycles. The summed E-state index contributed by atoms with van der Waals surface area (Å²) in [7, 11) is 2.02. The summed E-state index contributed by atoms with van der Waals surface area (Å²) in [4.78, 5) is 4.34. The Morgan fingerprint density at radius 2 is 2.08 bits per heavy atom. The third-order valence-corrected chi connectivity index (χ3v) is 5.65. The van der Waals surface area contributed by atoms with Crippen LogP contribution in [0.5, 0.6) is 0 Å². The molecule has 1 saturated carbocycles. The Bertz CT molecular complexity index is 719. The van der Waals surface area contributed by atoms with Crippen LogP contribution in [0.2, 0.25) is 0 Å². The maximum absolute atomic E-state index is 5.84. The Balaban J connectivity index is 1.36. The molecule has 2 aromatic rings. The van der Waals surface area contributed by atoms with E-state index in [1.807, 2.05) is 18.7 Å². The van der Waals surface area contributed by atoms with Crippen LogP contribution in [0.4, 0.5) is 0 Å². The molecule has 1 aliphatic carbocycles. The molecule has 1 N–H and O–H groups in total. The molecule has 2 fully saturated rings. The fraction of sp³-hybridized carbons (Fsp3) is 0.737. The molecule has 0 spiro atoms. The van der Waals surface area contributed by atoms with Crippen molar-refractivity contribution in [2.24, 2.45) is 13.0 Å². The van der Waals surface area contributed by atoms with Gasteiger partial charge in [0.25, 0.3) is 5.89 Å². The van der Waals surface area contributed by atoms with Gasteiger partial charge in [0.2, 0.25) is 0 Å². The Morgan fingerprint density at radius 1 is 1.23 bits per heavy atom. The minimum absolute atomic E-state index is 0.0876. The zero-order valence-corrected chi connectivity index (χ0v) is 15.8. The Hall–Kier alpha value is -1.73. The number of aryl methyl sites for hydroxylation is 2. The summed E-state index contributed by atoms with van der Waals surface area (Å²) in [5, 5.41) is 12.3. The predicted octanol–water partition coefficient (Wildman–Crippen LogP) is 3.03. The summed E-state index contributed by atoms with van der Waals surface area (Å²) < 4.78 is 13.1. The SMILES string of the molecule is Cc1noc([C@H]2OCC[C@H]2CNCc2cn(C)nc2C2CCCCC2)n1. The first-order valence-corrected chi connectivity index (χ1v) is 9.85. The maximum Gasteiger partial charge on any atom is 0.256 e. The summed E-state index contributed by atoms with van der Waals surface area (Å²) >= 11 is 0. The lowest BCUT2D eigenvalue weighted by Crippen LogP contribution is -2.25. The number of hydrogen-bond donors (Lipinski definition) is 1. The maximum atomic E-state index is 5.84. The molecule has 2 atom stereocenters. The fourth-order valence-corrected chi connectivity index (χ4v) is 4.35. The van der Waals surface area contributed by atoms with Crippen molar-refractivity contribution in [3.63, 3.8) is 0 Å². The van der Waals surface area contributed by atoms with Crippen molar-refractivity contribution in [3.05, 3.63) is 29.2 Å². The molecular weight excluding hydrogens is 330 g/mol. The molecule has 4 rings (SSSR count). The van der Waals surface area contributed by atoms with Crippen LogP contribution in [-0.4, -0.2) is 33.1 Å². The summed E-state index contributed by atoms with van der Waals surface area (Å²) in [5.74, 6) is 2.26. The molecule has 1 aliphatic heterocycles. The largest absolute Gasteiger partial charge is 0.368 e. The zero-order valence-electron chi connectivity index (χ0n) is 15.8. The third-order valence-electron chi connectivity index (χ3n) is 5.65. The lowest BCUT2D eigenvalue weighted by atomic mass is 9.85. The summed E-state index contributed by atoms with van der Waals surface area (Å²) in [6, 6.07) is 0. The van der Waals surface area contributed by atoms with Crippen LogP contribution in [0.3, 0.4) is 0 Å². The van der Waals surface area contributed by atoms with Gasteiger partial charge in [0.15, 0.2) is 5.82 Å². The zero-order chi connectivity index (χ0) is 17.9. The van der Waals surface area contributed by atoms with Crippen molar-refractivity contribution in [2.45, 2.75) is 64.0 Å². The number of nitrogens with zero attached hydrogens (tertiary/aromatic N) is 4. The van der Waals surface area contributed by atoms with Crippen LogP contribution < -0.4 is 5.32 Å². The average molecular weight is 359 g/mol. The van der Waals surface area contributed by atoms with Crippen LogP contribution in [0, 0.1) is 12.8 Å². The van der Waals surface area contributed by atoms with Crippen LogP contribution >= 0.6 is 0 Å². The highest BCUT2D eigenvalue weighted by Gasteiger charge is 2.33. The second-order valence-electron chi connectivity index (χ2n) is 7.70. The van der Waals surface area contributed by atoms with Gasteiger partial charge in [-0.15, -0.1) is 0 Å². The van der Waals surface area contributed by atoms with Gasteiger partial charge in [0, 0.05) is 50.3 Å². The fourth-order valence-electron chi connectivity index (χ4n) is 4.35. The van der Waals surface area contributed by atoms with Crippen LogP contribution in [-0.2, 0) is 18.3 Å². The number of nitrogens with one attached hydrogen (secondary N) is 1. The second-order valence-corrected chi connectivity index (χ2v) is 7.70. The summed E-state index contributed by atoms with van der Waals surface area (Å²) in [6.45, 7) is 4.32. The highest BCUT2D eigenvalue weighted by molar-refractivity contribution is 5.21. The van der Waals surface area contributed by atoms with E-state index < -0.39 is 0 Å². The van der Waals surface area contributed by atoms with Gasteiger partial charge in [-0.25, -0.2) is 0 Å². The van der Waals surface area contributed by atoms with E-state index >= 15 is 0 Å². The molecule has 0 amide bonds. The first-order valence-electron chi connectivity index (χ1n) is 9.85. The van der Waals surface area contributed by atoms with Crippen LogP contribution in [0.25, 0.3) is 0 Å². The van der Waals surface area contributed by atoms with Crippen LogP contribution in [0.1, 0.15) is 73.5 Å². The highest BCUT2D eigenvalue weighted by Crippen LogP contribution is 2.34. The Labute approximate surface area is 154 Å². The van der Waals surface area contributed by atoms with E-state index in [0.717, 1.165) is 26.1 Å². The van der Waals surface area contributed by atoms with Crippen molar-refractivity contribution in [1.29, 1.82) is 0 Å². The van der Waals surface area contributed by atoms with Gasteiger partial charge >= 0.3 is 0 Å². The third kappa shape index (κ3) is 3.83. The first-order chi connectivity index (χ1) is 12.7. The van der Waals surface area contributed by atoms with E-state index in [1.54, 1.807) is 0 Å². The number of ether oxygens (including phenoxy) is 1. The minimum Gasteiger partial charge on any atom is -0.368 e. The van der Waals surface area contributed by atoms with Crippen molar-refractivity contribution < 1.29 is 9.26 Å². The number of rotatable bonds is 6. The van der Waals surface area contributed by atoms with Crippen LogP contribution in [0.15, 0.2) is 10.7 Å². The van der Waals surface area contributed by atoms with E-state index in [2.05, 4.69) is 21.7 Å². The molecule has 0 bridgehead atoms. The molecule has 2 aliphatic rings. The molecule has 142 valence electrons. The number of aromatic nitrogens is 4. The molecule has 2 aromatic heterocycles. The van der Waals surface area contributed by atoms with Crippen molar-refractivity contribution in [1.82, 2.24) is 25.2 Å². The molecular formula is C19H29N5O2. The highest BCUT2D eigenvalue weighted by atomic mass is 16.5. The predicted molar refractivity (Wildman–Crippen MR) is 96.6 cm³/mol. The molecule has 3 heterocycles. The molecule has 7 heteroatoms. The van der Waals surface area contributed by atoms with E-state index in [0.29, 0.717) is 23.6 Å². The van der Waals surface area contributed by atoms with E-state index in [-0.39, 0.29) is 6.10 Å². The molecule has 26 heavy (non-hydrogen) atoms. The van der Waals surface area contributed by atoms with Crippen molar-refractivity contribution >= 4 is 0 Å². The van der Waals surface area contributed by atoms with Gasteiger partial charge in [-0.2, -0.15) is 10.1 Å². The molecule has 0 radical (unpaired) electrons. The van der Waals surface area contributed by atoms with Gasteiger partial charge in [0.05, 0.1) is 5.69 Å². The Kier molecular flexibility index (Phi) is 5.36. The van der Waals surface area contributed by atoms with E-state index in [1.165, 1.54) is 43.4 Å². The standard InChI is InChI=1S/C19H29N5O2/c1-13-21-19(26-23-13)18-15(8-9-25-18)10-20-11-16-12-24(2)22-17(16)14-6-4-3-5-7-14/h12,14-15,18,20H,3-11H2,1-2H3/t15-,18-/m0/s1. The Morgan fingerprint density at radius 3 is 2.85 bits per heavy atom. The van der Waals surface area contributed by atoms with Crippen molar-refractivity contribution in [2.75, 3.05) is 13.2 Å². The topological polar surface area (TPSA) is 78.0 Å². The van der Waals surface area contributed by atoms with Crippen molar-refractivity contribution in [3.8, 4) is 0 Å². The van der Waals surface area contributed by atoms with E-state index in [9.17, 15) is 0 Å². The summed E-state index contributed by atoms with van der Waals surface area (Å²) in [5.41, 5.74) is 2.63. The second kappa shape index (κ2) is 7.88. The normalized spacial score (nSPS) is 24.4. The first kappa shape index (κ1) is 17.7. The average Bonchev–Trinajstić information content (AvgIpc) is 3.36. The van der Waals surface area contributed by atoms with E-state index in [4.69, 9.17) is 14.4 Å². The molecule has 0 unspecified atom stereocenters. The summed E-state index contributed by atoms with van der Waals surface area (Å²) in [6.07, 6.45) is 9.68. The van der Waals surface area contributed by atoms with Gasteiger partial charge in [-0.05, 0) is 26.2 Å². The van der Waals surface area contributed by atoms with Gasteiger partial charge < -0.3 is 14.6 Å². The molecule has 0 aromatic carbocycles. The lowest BCUT2D eigenvalue weighted by molar-refractivity contribution is 0.0623. The lowest BCUT2D eigenvalue weighted by Gasteiger charge is -2.21. The van der Waals surface area contributed by atoms with Gasteiger partial charge in [-0.3, -0.25) is 4.68 Å². The minimum atomic E-state index is -0.0876. The number of hydrogen-bond acceptors (Lipinski definition) is 6. The van der Waals surface area contributed by atoms with Gasteiger partial charge in [0.1, 0.15) is 6.10 Å². The van der Waals surface area contributed by atoms with Gasteiger partial charge in [-0.1, -0.05) is 24.4 Å².